The molecule has 2 N–H and O–H groups in total. The number of carbonyl (C=O) groups is 2. The molecule has 0 aromatic carbocycles. The van der Waals surface area contributed by atoms with Crippen LogP contribution in [0.25, 0.3) is 0 Å². The summed E-state index contributed by atoms with van der Waals surface area (Å²) >= 11 is 1.69. The fourth-order valence-electron chi connectivity index (χ4n) is 8.24. The third kappa shape index (κ3) is 5.40. The summed E-state index contributed by atoms with van der Waals surface area (Å²) in [6.45, 7) is -1.33. The molecule has 1 amide bonds. The van der Waals surface area contributed by atoms with Crippen LogP contribution in [-0.4, -0.2) is 58.6 Å². The van der Waals surface area contributed by atoms with Crippen LogP contribution in [0.3, 0.4) is 0 Å². The zero-order chi connectivity index (χ0) is 26.4. The summed E-state index contributed by atoms with van der Waals surface area (Å²) in [5.74, 6) is 0.741. The lowest BCUT2D eigenvalue weighted by atomic mass is 9.52. The lowest BCUT2D eigenvalue weighted by molar-refractivity contribution is -0.260. The molecule has 38 heavy (non-hydrogen) atoms. The highest BCUT2D eigenvalue weighted by atomic mass is 32.2. The third-order valence-electron chi connectivity index (χ3n) is 9.60. The number of carbonyl (C=O) groups excluding carboxylic acids is 1. The second-order valence-corrected chi connectivity index (χ2v) is 13.6. The van der Waals surface area contributed by atoms with E-state index in [0.29, 0.717) is 42.5 Å². The van der Waals surface area contributed by atoms with Gasteiger partial charge in [0.2, 0.25) is 0 Å². The van der Waals surface area contributed by atoms with E-state index < -0.39 is 18.2 Å². The number of nitrogens with zero attached hydrogens (tertiary/aromatic N) is 2. The largest absolute Gasteiger partial charge is 0.481 e. The van der Waals surface area contributed by atoms with E-state index in [-0.39, 0.29) is 36.1 Å². The fourth-order valence-corrected chi connectivity index (χ4v) is 9.55. The number of alkyl halides is 2. The molecule has 10 heteroatoms. The average Bonchev–Trinajstić information content (AvgIpc) is 3.52. The number of hydrogen-bond donors (Lipinski definition) is 2. The first-order chi connectivity index (χ1) is 18.3. The Morgan fingerprint density at radius 2 is 1.89 bits per heavy atom. The van der Waals surface area contributed by atoms with Gasteiger partial charge >= 0.3 is 12.6 Å². The Hall–Kier alpha value is -1.94. The number of pyridine rings is 1. The minimum atomic E-state index is -2.76. The van der Waals surface area contributed by atoms with Gasteiger partial charge in [0.05, 0.1) is 11.2 Å². The predicted octanol–water partition coefficient (Wildman–Crippen LogP) is 5.33. The first-order valence-electron chi connectivity index (χ1n) is 14.2. The highest BCUT2D eigenvalue weighted by Crippen LogP contribution is 2.57. The van der Waals surface area contributed by atoms with Crippen molar-refractivity contribution in [2.45, 2.75) is 99.2 Å². The van der Waals surface area contributed by atoms with E-state index in [0.717, 1.165) is 49.5 Å². The smallest absolute Gasteiger partial charge is 0.345 e. The summed E-state index contributed by atoms with van der Waals surface area (Å²) in [4.78, 5) is 32.0. The number of nitrogens with one attached hydrogen (secondary N) is 1. The monoisotopic (exact) mass is 549 g/mol. The molecule has 1 aromatic heterocycles. The van der Waals surface area contributed by atoms with Crippen molar-refractivity contribution in [2.75, 3.05) is 18.0 Å². The topological polar surface area (TPSA) is 91.8 Å². The molecule has 3 atom stereocenters. The number of anilines is 1. The average molecular weight is 550 g/mol. The number of rotatable bonds is 9. The molecule has 1 aliphatic heterocycles. The minimum Gasteiger partial charge on any atom is -0.481 e. The lowest BCUT2D eigenvalue weighted by Gasteiger charge is -2.59. The van der Waals surface area contributed by atoms with Crippen LogP contribution in [0.2, 0.25) is 0 Å². The van der Waals surface area contributed by atoms with Gasteiger partial charge in [-0.25, -0.2) is 4.98 Å². The van der Waals surface area contributed by atoms with Crippen molar-refractivity contribution in [1.29, 1.82) is 0 Å². The van der Waals surface area contributed by atoms with Gasteiger partial charge in [0.25, 0.3) is 5.91 Å². The molecule has 6 aliphatic rings. The standard InChI is InChI=1S/C28H37F2N3O4S/c29-27(30)37-28-12-17-9-18(13-28)24(19(10-17)14-28)32-25(36)21-5-6-22(31-26(21)38-20-3-1-2-4-20)33-8-7-16(15-33)11-23(34)35/h5-6,16-20,24,27H,1-4,7-15H2,(H,32,36)(H,34,35)/t16-,17?,18-,19-,24?,28?/m0/s1. The molecule has 1 aromatic rings. The molecular weight excluding hydrogens is 512 g/mol. The summed E-state index contributed by atoms with van der Waals surface area (Å²) in [5.41, 5.74) is -0.147. The van der Waals surface area contributed by atoms with Gasteiger partial charge in [-0.3, -0.25) is 9.59 Å². The van der Waals surface area contributed by atoms with E-state index in [9.17, 15) is 23.5 Å². The molecule has 5 aliphatic carbocycles. The van der Waals surface area contributed by atoms with Crippen molar-refractivity contribution in [1.82, 2.24) is 10.3 Å². The molecule has 2 heterocycles. The highest BCUT2D eigenvalue weighted by molar-refractivity contribution is 7.99. The molecule has 0 unspecified atom stereocenters. The maximum atomic E-state index is 13.7. The summed E-state index contributed by atoms with van der Waals surface area (Å²) in [7, 11) is 0. The van der Waals surface area contributed by atoms with Crippen LogP contribution in [0.15, 0.2) is 17.2 Å². The number of aliphatic carboxylic acids is 1. The van der Waals surface area contributed by atoms with E-state index in [1.54, 1.807) is 11.8 Å². The van der Waals surface area contributed by atoms with Gasteiger partial charge in [0.15, 0.2) is 0 Å². The molecule has 7 rings (SSSR count). The van der Waals surface area contributed by atoms with Gasteiger partial charge < -0.3 is 20.1 Å². The zero-order valence-electron chi connectivity index (χ0n) is 21.6. The van der Waals surface area contributed by atoms with Crippen LogP contribution in [0.1, 0.15) is 81.0 Å². The molecule has 6 fully saturated rings. The van der Waals surface area contributed by atoms with Crippen LogP contribution in [0.5, 0.6) is 0 Å². The van der Waals surface area contributed by atoms with E-state index in [1.807, 2.05) is 12.1 Å². The first kappa shape index (κ1) is 26.3. The van der Waals surface area contributed by atoms with E-state index >= 15 is 0 Å². The Morgan fingerprint density at radius 3 is 2.58 bits per heavy atom. The lowest BCUT2D eigenvalue weighted by Crippen LogP contribution is -2.62. The molecule has 0 radical (unpaired) electrons. The minimum absolute atomic E-state index is 0.0205. The van der Waals surface area contributed by atoms with Crippen LogP contribution in [0.4, 0.5) is 14.6 Å². The summed E-state index contributed by atoms with van der Waals surface area (Å²) in [6, 6.07) is 3.74. The quantitative estimate of drug-likeness (QED) is 0.430. The Kier molecular flexibility index (Phi) is 7.31. The van der Waals surface area contributed by atoms with Gasteiger partial charge in [0, 0.05) is 30.8 Å². The number of thioether (sulfide) groups is 1. The van der Waals surface area contributed by atoms with Crippen molar-refractivity contribution in [2.24, 2.45) is 23.7 Å². The van der Waals surface area contributed by atoms with Crippen molar-refractivity contribution in [3.05, 3.63) is 17.7 Å². The second kappa shape index (κ2) is 10.6. The predicted molar refractivity (Wildman–Crippen MR) is 140 cm³/mol. The van der Waals surface area contributed by atoms with Gasteiger partial charge in [-0.1, -0.05) is 12.8 Å². The Bertz CT molecular complexity index is 1050. The van der Waals surface area contributed by atoms with Crippen LogP contribution in [-0.2, 0) is 9.53 Å². The van der Waals surface area contributed by atoms with Crippen molar-refractivity contribution >= 4 is 29.5 Å². The number of carboxylic acid groups (broad SMARTS) is 1. The van der Waals surface area contributed by atoms with E-state index in [4.69, 9.17) is 9.72 Å². The maximum Gasteiger partial charge on any atom is 0.345 e. The molecule has 5 saturated carbocycles. The number of ether oxygens (including phenoxy) is 1. The van der Waals surface area contributed by atoms with Crippen LogP contribution >= 0.6 is 11.8 Å². The SMILES string of the molecule is O=C(O)C[C@@H]1CCN(c2ccc(C(=O)NC3[C@H]4CC5C[C@H]3CC(OC(F)F)(C5)C4)c(SC3CCCC3)n2)C1. The van der Waals surface area contributed by atoms with Gasteiger partial charge in [0.1, 0.15) is 10.8 Å². The molecule has 208 valence electrons. The fraction of sp³-hybridized carbons (Fsp3) is 0.750. The summed E-state index contributed by atoms with van der Waals surface area (Å²) in [6.07, 6.45) is 9.40. The molecule has 4 bridgehead atoms. The highest BCUT2D eigenvalue weighted by Gasteiger charge is 2.57. The number of amides is 1. The van der Waals surface area contributed by atoms with Gasteiger partial charge in [-0.05, 0) is 87.2 Å². The summed E-state index contributed by atoms with van der Waals surface area (Å²) in [5, 5.41) is 13.7. The zero-order valence-corrected chi connectivity index (χ0v) is 22.4. The van der Waals surface area contributed by atoms with Gasteiger partial charge in [-0.15, -0.1) is 11.8 Å². The van der Waals surface area contributed by atoms with Crippen LogP contribution < -0.4 is 10.2 Å². The van der Waals surface area contributed by atoms with Crippen molar-refractivity contribution in [3.8, 4) is 0 Å². The molecule has 0 spiro atoms. The number of hydrogen-bond acceptors (Lipinski definition) is 6. The molecule has 1 saturated heterocycles. The number of carboxylic acids is 1. The number of halogens is 2. The molecule has 7 nitrogen and oxygen atoms in total. The van der Waals surface area contributed by atoms with Crippen LogP contribution in [0, 0.1) is 23.7 Å². The normalized spacial score (nSPS) is 34.4. The Balaban J connectivity index is 1.19. The Labute approximate surface area is 226 Å². The summed E-state index contributed by atoms with van der Waals surface area (Å²) < 4.78 is 31.5. The van der Waals surface area contributed by atoms with E-state index in [1.165, 1.54) is 12.8 Å². The van der Waals surface area contributed by atoms with E-state index in [2.05, 4.69) is 10.2 Å². The maximum absolute atomic E-state index is 13.7. The second-order valence-electron chi connectivity index (χ2n) is 12.3. The molecular formula is C28H37F2N3O4S. The van der Waals surface area contributed by atoms with Gasteiger partial charge in [-0.2, -0.15) is 8.78 Å². The Morgan fingerprint density at radius 1 is 1.16 bits per heavy atom. The third-order valence-corrected chi connectivity index (χ3v) is 10.9. The number of aromatic nitrogens is 1. The van der Waals surface area contributed by atoms with Crippen molar-refractivity contribution in [3.63, 3.8) is 0 Å². The first-order valence-corrected chi connectivity index (χ1v) is 15.1. The van der Waals surface area contributed by atoms with Crippen molar-refractivity contribution < 1.29 is 28.2 Å².